The fraction of sp³-hybridized carbons (Fsp3) is 0.368. The largest absolute Gasteiger partial charge is 0.461 e. The fourth-order valence-corrected chi connectivity index (χ4v) is 3.44. The first kappa shape index (κ1) is 19.6. The standard InChI is InChI=1S/C19H24N6O3/c1-3-5-6-15-17(20)23-19(27)25(15)13-7-9-24(10-8-13)16-11-14(21-12-22-16)18(26)28-4-2/h3,5-6,11-13H,1,4,7-10,20H2,2H3,(H,23,27)/p+1. The number of ether oxygens (including phenoxy) is 1. The molecule has 148 valence electrons. The van der Waals surface area contributed by atoms with Crippen LogP contribution in [-0.4, -0.2) is 52.6 Å². The summed E-state index contributed by atoms with van der Waals surface area (Å²) in [4.78, 5) is 36.4. The van der Waals surface area contributed by atoms with Gasteiger partial charge in [-0.05, 0) is 25.8 Å². The summed E-state index contributed by atoms with van der Waals surface area (Å²) >= 11 is 0. The van der Waals surface area contributed by atoms with Crippen LogP contribution in [0.15, 0.2) is 48.7 Å². The van der Waals surface area contributed by atoms with Crippen LogP contribution in [0.1, 0.15) is 30.3 Å². The molecule has 0 radical (unpaired) electrons. The van der Waals surface area contributed by atoms with Gasteiger partial charge in [-0.2, -0.15) is 0 Å². The molecule has 1 saturated heterocycles. The highest BCUT2D eigenvalue weighted by Crippen LogP contribution is 2.25. The highest BCUT2D eigenvalue weighted by atomic mass is 16.5. The van der Waals surface area contributed by atoms with E-state index in [-0.39, 0.29) is 17.8 Å². The van der Waals surface area contributed by atoms with Crippen molar-refractivity contribution in [3.8, 4) is 0 Å². The van der Waals surface area contributed by atoms with Crippen LogP contribution in [0.25, 0.3) is 0 Å². The molecule has 0 bridgehead atoms. The number of nitrogens with zero attached hydrogens (tertiary/aromatic N) is 4. The van der Waals surface area contributed by atoms with Crippen LogP contribution < -0.4 is 16.0 Å². The van der Waals surface area contributed by atoms with Gasteiger partial charge >= 0.3 is 12.0 Å². The minimum atomic E-state index is -0.460. The van der Waals surface area contributed by atoms with Crippen molar-refractivity contribution in [1.29, 1.82) is 0 Å². The number of allylic oxidation sites excluding steroid dienone is 3. The summed E-state index contributed by atoms with van der Waals surface area (Å²) in [6.45, 7) is 7.11. The summed E-state index contributed by atoms with van der Waals surface area (Å²) in [6, 6.07) is 1.60. The SMILES string of the molecule is C=CC=CC1=C(N)[NH2+]C(=O)N1C1CCN(c2cc(C(=O)OCC)ncn2)CC1. The lowest BCUT2D eigenvalue weighted by molar-refractivity contribution is -0.501. The van der Waals surface area contributed by atoms with Gasteiger partial charge in [-0.1, -0.05) is 18.7 Å². The molecule has 2 amide bonds. The van der Waals surface area contributed by atoms with Gasteiger partial charge in [-0.3, -0.25) is 4.90 Å². The number of amides is 2. The van der Waals surface area contributed by atoms with Crippen LogP contribution in [0.4, 0.5) is 10.6 Å². The molecule has 4 N–H and O–H groups in total. The third kappa shape index (κ3) is 4.04. The van der Waals surface area contributed by atoms with Crippen molar-refractivity contribution in [3.63, 3.8) is 0 Å². The minimum absolute atomic E-state index is 0.0527. The molecule has 0 aliphatic carbocycles. The average molecular weight is 385 g/mol. The quantitative estimate of drug-likeness (QED) is 0.540. The number of nitrogens with two attached hydrogens (primary N) is 2. The van der Waals surface area contributed by atoms with Crippen LogP contribution in [0, 0.1) is 0 Å². The Balaban J connectivity index is 1.68. The second-order valence-corrected chi connectivity index (χ2v) is 6.49. The molecule has 2 aliphatic heterocycles. The van der Waals surface area contributed by atoms with Crippen molar-refractivity contribution >= 4 is 17.8 Å². The molecule has 0 atom stereocenters. The fourth-order valence-electron chi connectivity index (χ4n) is 3.44. The minimum Gasteiger partial charge on any atom is -0.461 e. The lowest BCUT2D eigenvalue weighted by atomic mass is 10.0. The number of carbonyl (C=O) groups is 2. The molecule has 2 aliphatic rings. The summed E-state index contributed by atoms with van der Waals surface area (Å²) < 4.78 is 4.99. The van der Waals surface area contributed by atoms with Gasteiger partial charge in [-0.15, -0.1) is 0 Å². The number of primary amides is 1. The van der Waals surface area contributed by atoms with E-state index >= 15 is 0 Å². The molecule has 1 aromatic rings. The van der Waals surface area contributed by atoms with Crippen molar-refractivity contribution in [2.75, 3.05) is 24.6 Å². The molecule has 0 spiro atoms. The number of esters is 1. The van der Waals surface area contributed by atoms with Gasteiger partial charge in [0.15, 0.2) is 5.69 Å². The van der Waals surface area contributed by atoms with Gasteiger partial charge in [0.25, 0.3) is 0 Å². The highest BCUT2D eigenvalue weighted by molar-refractivity contribution is 5.87. The van der Waals surface area contributed by atoms with Crippen LogP contribution in [0.5, 0.6) is 0 Å². The van der Waals surface area contributed by atoms with E-state index in [0.717, 1.165) is 18.5 Å². The zero-order valence-corrected chi connectivity index (χ0v) is 15.9. The molecular formula is C19H25N6O3+. The molecule has 0 aromatic carbocycles. The number of urea groups is 1. The van der Waals surface area contributed by atoms with E-state index in [1.807, 2.05) is 6.08 Å². The lowest BCUT2D eigenvalue weighted by Gasteiger charge is -2.36. The lowest BCUT2D eigenvalue weighted by Crippen LogP contribution is -2.87. The molecular weight excluding hydrogens is 360 g/mol. The van der Waals surface area contributed by atoms with Crippen LogP contribution in [-0.2, 0) is 4.74 Å². The number of aromatic nitrogens is 2. The highest BCUT2D eigenvalue weighted by Gasteiger charge is 2.39. The van der Waals surface area contributed by atoms with Crippen molar-refractivity contribution in [1.82, 2.24) is 14.9 Å². The first-order valence-electron chi connectivity index (χ1n) is 9.26. The van der Waals surface area contributed by atoms with Gasteiger partial charge in [0.05, 0.1) is 6.61 Å². The molecule has 1 aromatic heterocycles. The maximum atomic E-state index is 12.4. The van der Waals surface area contributed by atoms with Crippen LogP contribution >= 0.6 is 0 Å². The number of hydrogen-bond acceptors (Lipinski definition) is 7. The Morgan fingerprint density at radius 2 is 2.18 bits per heavy atom. The summed E-state index contributed by atoms with van der Waals surface area (Å²) in [6.07, 6.45) is 8.13. The molecule has 3 rings (SSSR count). The van der Waals surface area contributed by atoms with Crippen molar-refractivity contribution < 1.29 is 19.6 Å². The van der Waals surface area contributed by atoms with E-state index in [9.17, 15) is 9.59 Å². The Bertz CT molecular complexity index is 827. The van der Waals surface area contributed by atoms with E-state index in [4.69, 9.17) is 10.5 Å². The van der Waals surface area contributed by atoms with Crippen LogP contribution in [0.2, 0.25) is 0 Å². The predicted octanol–water partition coefficient (Wildman–Crippen LogP) is 0.491. The number of quaternary nitrogens is 1. The van der Waals surface area contributed by atoms with Gasteiger partial charge in [0.2, 0.25) is 5.82 Å². The van der Waals surface area contributed by atoms with Crippen LogP contribution in [0.3, 0.4) is 0 Å². The summed E-state index contributed by atoms with van der Waals surface area (Å²) in [5.41, 5.74) is 6.96. The maximum absolute atomic E-state index is 12.4. The Hall–Kier alpha value is -3.20. The molecule has 3 heterocycles. The molecule has 9 heteroatoms. The van der Waals surface area contributed by atoms with Gasteiger partial charge < -0.3 is 15.4 Å². The Morgan fingerprint density at radius 3 is 2.86 bits per heavy atom. The third-order valence-electron chi connectivity index (χ3n) is 4.75. The smallest absolute Gasteiger partial charge is 0.427 e. The van der Waals surface area contributed by atoms with E-state index < -0.39 is 5.97 Å². The van der Waals surface area contributed by atoms with Gasteiger partial charge in [0, 0.05) is 25.2 Å². The average Bonchev–Trinajstić information content (AvgIpc) is 2.99. The number of hydrogen-bond donors (Lipinski definition) is 2. The van der Waals surface area contributed by atoms with Crippen molar-refractivity contribution in [2.45, 2.75) is 25.8 Å². The van der Waals surface area contributed by atoms with E-state index in [2.05, 4.69) is 21.4 Å². The number of piperidine rings is 1. The zero-order valence-electron chi connectivity index (χ0n) is 15.9. The molecule has 1 fully saturated rings. The van der Waals surface area contributed by atoms with Crippen molar-refractivity contribution in [3.05, 3.63) is 54.4 Å². The Labute approximate surface area is 163 Å². The first-order valence-corrected chi connectivity index (χ1v) is 9.26. The van der Waals surface area contributed by atoms with Gasteiger partial charge in [-0.25, -0.2) is 24.9 Å². The van der Waals surface area contributed by atoms with E-state index in [0.29, 0.717) is 31.3 Å². The third-order valence-corrected chi connectivity index (χ3v) is 4.75. The molecule has 0 unspecified atom stereocenters. The number of anilines is 1. The molecule has 9 nitrogen and oxygen atoms in total. The summed E-state index contributed by atoms with van der Waals surface area (Å²) in [5.74, 6) is 0.691. The Morgan fingerprint density at radius 1 is 1.43 bits per heavy atom. The molecule has 28 heavy (non-hydrogen) atoms. The predicted molar refractivity (Wildman–Crippen MR) is 103 cm³/mol. The van der Waals surface area contributed by atoms with E-state index in [1.54, 1.807) is 30.0 Å². The normalized spacial score (nSPS) is 18.2. The van der Waals surface area contributed by atoms with Crippen molar-refractivity contribution in [2.24, 2.45) is 5.73 Å². The van der Waals surface area contributed by atoms with E-state index in [1.165, 1.54) is 11.6 Å². The molecule has 0 saturated carbocycles. The summed E-state index contributed by atoms with van der Waals surface area (Å²) in [5, 5.41) is 1.46. The monoisotopic (exact) mass is 385 g/mol. The zero-order chi connectivity index (χ0) is 20.1. The summed E-state index contributed by atoms with van der Waals surface area (Å²) in [7, 11) is 0. The second kappa shape index (κ2) is 8.66. The van der Waals surface area contributed by atoms with Gasteiger partial charge in [0.1, 0.15) is 17.8 Å². The first-order chi connectivity index (χ1) is 13.5. The second-order valence-electron chi connectivity index (χ2n) is 6.49. The number of rotatable bonds is 6. The Kier molecular flexibility index (Phi) is 6.05. The topological polar surface area (TPSA) is 118 Å². The maximum Gasteiger partial charge on any atom is 0.427 e. The number of carbonyl (C=O) groups excluding carboxylic acids is 2.